The van der Waals surface area contributed by atoms with E-state index in [0.717, 1.165) is 17.1 Å². The number of benzene rings is 1. The number of hydrogen-bond acceptors (Lipinski definition) is 5. The fourth-order valence-corrected chi connectivity index (χ4v) is 3.33. The summed E-state index contributed by atoms with van der Waals surface area (Å²) in [6.45, 7) is 2.61. The van der Waals surface area contributed by atoms with E-state index in [2.05, 4.69) is 26.3 Å². The number of aromatic nitrogens is 2. The average Bonchev–Trinajstić information content (AvgIpc) is 2.73. The summed E-state index contributed by atoms with van der Waals surface area (Å²) in [5.74, 6) is 0.385. The summed E-state index contributed by atoms with van der Waals surface area (Å²) in [6, 6.07) is 7.35. The van der Waals surface area contributed by atoms with Crippen LogP contribution in [0, 0.1) is 0 Å². The monoisotopic (exact) mass is 372 g/mol. The summed E-state index contributed by atoms with van der Waals surface area (Å²) in [4.78, 5) is 0.0340. The number of anilines is 2. The molecule has 0 bridgehead atoms. The van der Waals surface area contributed by atoms with Crippen LogP contribution >= 0.6 is 15.9 Å². The van der Waals surface area contributed by atoms with Gasteiger partial charge in [-0.3, -0.25) is 0 Å². The van der Waals surface area contributed by atoms with Gasteiger partial charge in [0.15, 0.2) is 20.6 Å². The van der Waals surface area contributed by atoms with E-state index in [4.69, 9.17) is 5.73 Å². The SMILES string of the molecule is CCCNc1nn(-c2ccccc2Br)c(N)c1S(C)(=O)=O. The van der Waals surface area contributed by atoms with E-state index in [9.17, 15) is 8.42 Å². The normalized spacial score (nSPS) is 11.6. The van der Waals surface area contributed by atoms with E-state index in [1.807, 2.05) is 31.2 Å². The second kappa shape index (κ2) is 6.07. The standard InChI is InChI=1S/C13H17BrN4O2S/c1-3-8-16-13-11(21(2,19)20)12(15)18(17-13)10-7-5-4-6-9(10)14/h4-7H,3,8,15H2,1-2H3,(H,16,17). The molecule has 2 rings (SSSR count). The van der Waals surface area contributed by atoms with E-state index in [1.54, 1.807) is 0 Å². The van der Waals surface area contributed by atoms with E-state index in [1.165, 1.54) is 4.68 Å². The van der Waals surface area contributed by atoms with Crippen molar-refractivity contribution in [3.8, 4) is 5.69 Å². The number of hydrogen-bond donors (Lipinski definition) is 2. The Morgan fingerprint density at radius 2 is 2.05 bits per heavy atom. The first-order valence-corrected chi connectivity index (χ1v) is 9.12. The molecule has 8 heteroatoms. The van der Waals surface area contributed by atoms with Gasteiger partial charge in [-0.1, -0.05) is 19.1 Å². The fraction of sp³-hybridized carbons (Fsp3) is 0.308. The molecule has 0 spiro atoms. The van der Waals surface area contributed by atoms with Gasteiger partial charge < -0.3 is 11.1 Å². The third-order valence-electron chi connectivity index (χ3n) is 2.87. The first-order chi connectivity index (χ1) is 9.86. The molecule has 21 heavy (non-hydrogen) atoms. The topological polar surface area (TPSA) is 90.0 Å². The molecule has 3 N–H and O–H groups in total. The van der Waals surface area contributed by atoms with Crippen molar-refractivity contribution in [1.82, 2.24) is 9.78 Å². The maximum absolute atomic E-state index is 12.0. The van der Waals surface area contributed by atoms with Gasteiger partial charge in [-0.15, -0.1) is 5.10 Å². The second-order valence-electron chi connectivity index (χ2n) is 4.63. The average molecular weight is 373 g/mol. The van der Waals surface area contributed by atoms with Crippen molar-refractivity contribution in [2.24, 2.45) is 0 Å². The molecule has 2 aromatic rings. The number of halogens is 1. The number of nitrogens with two attached hydrogens (primary N) is 1. The molecule has 0 atom stereocenters. The van der Waals surface area contributed by atoms with Crippen molar-refractivity contribution in [3.05, 3.63) is 28.7 Å². The minimum absolute atomic E-state index is 0.0340. The molecule has 114 valence electrons. The Morgan fingerprint density at radius 3 is 2.62 bits per heavy atom. The second-order valence-corrected chi connectivity index (χ2v) is 7.43. The largest absolute Gasteiger partial charge is 0.382 e. The highest BCUT2D eigenvalue weighted by atomic mass is 79.9. The molecule has 0 saturated heterocycles. The predicted molar refractivity (Wildman–Crippen MR) is 87.6 cm³/mol. The van der Waals surface area contributed by atoms with Gasteiger partial charge in [0.2, 0.25) is 0 Å². The van der Waals surface area contributed by atoms with Gasteiger partial charge in [0.05, 0.1) is 5.69 Å². The van der Waals surface area contributed by atoms with Gasteiger partial charge in [0, 0.05) is 17.3 Å². The zero-order valence-corrected chi connectivity index (χ0v) is 14.2. The van der Waals surface area contributed by atoms with Crippen LogP contribution in [-0.4, -0.2) is 31.0 Å². The molecule has 0 amide bonds. The third-order valence-corrected chi connectivity index (χ3v) is 4.68. The van der Waals surface area contributed by atoms with E-state index in [-0.39, 0.29) is 16.5 Å². The lowest BCUT2D eigenvalue weighted by atomic mass is 10.3. The highest BCUT2D eigenvalue weighted by Gasteiger charge is 2.25. The fourth-order valence-electron chi connectivity index (χ4n) is 1.95. The smallest absolute Gasteiger partial charge is 0.182 e. The number of para-hydroxylation sites is 1. The van der Waals surface area contributed by atoms with Crippen LogP contribution in [0.15, 0.2) is 33.6 Å². The summed E-state index contributed by atoms with van der Waals surface area (Å²) >= 11 is 3.42. The Balaban J connectivity index is 2.65. The van der Waals surface area contributed by atoms with Crippen molar-refractivity contribution in [1.29, 1.82) is 0 Å². The van der Waals surface area contributed by atoms with Gasteiger partial charge in [-0.05, 0) is 34.5 Å². The lowest BCUT2D eigenvalue weighted by Gasteiger charge is -2.06. The van der Waals surface area contributed by atoms with Crippen molar-refractivity contribution >= 4 is 37.4 Å². The molecule has 0 saturated carbocycles. The number of rotatable bonds is 5. The maximum Gasteiger partial charge on any atom is 0.182 e. The quantitative estimate of drug-likeness (QED) is 0.840. The Kier molecular flexibility index (Phi) is 4.58. The summed E-state index contributed by atoms with van der Waals surface area (Å²) in [6.07, 6.45) is 1.98. The van der Waals surface area contributed by atoms with E-state index in [0.29, 0.717) is 12.2 Å². The van der Waals surface area contributed by atoms with Gasteiger partial charge in [0.25, 0.3) is 0 Å². The molecule has 1 aromatic heterocycles. The van der Waals surface area contributed by atoms with Gasteiger partial charge in [-0.25, -0.2) is 13.1 Å². The minimum atomic E-state index is -3.48. The number of nitrogens with one attached hydrogen (secondary N) is 1. The molecule has 0 unspecified atom stereocenters. The first-order valence-electron chi connectivity index (χ1n) is 6.43. The Morgan fingerprint density at radius 1 is 1.38 bits per heavy atom. The summed E-state index contributed by atoms with van der Waals surface area (Å²) in [7, 11) is -3.48. The molecule has 6 nitrogen and oxygen atoms in total. The van der Waals surface area contributed by atoms with Crippen LogP contribution < -0.4 is 11.1 Å². The van der Waals surface area contributed by atoms with E-state index < -0.39 is 9.84 Å². The summed E-state index contributed by atoms with van der Waals surface area (Å²) < 4.78 is 26.2. The molecule has 0 fully saturated rings. The number of nitrogens with zero attached hydrogens (tertiary/aromatic N) is 2. The minimum Gasteiger partial charge on any atom is -0.382 e. The Bertz CT molecular complexity index is 756. The van der Waals surface area contributed by atoms with Crippen LogP contribution in [0.2, 0.25) is 0 Å². The summed E-state index contributed by atoms with van der Waals surface area (Å²) in [5, 5.41) is 7.33. The van der Waals surface area contributed by atoms with Crippen molar-refractivity contribution in [2.75, 3.05) is 23.9 Å². The van der Waals surface area contributed by atoms with Crippen LogP contribution in [-0.2, 0) is 9.84 Å². The number of sulfone groups is 1. The van der Waals surface area contributed by atoms with Crippen molar-refractivity contribution in [2.45, 2.75) is 18.2 Å². The van der Waals surface area contributed by atoms with Gasteiger partial charge in [0.1, 0.15) is 5.82 Å². The molecule has 1 aromatic carbocycles. The highest BCUT2D eigenvalue weighted by Crippen LogP contribution is 2.31. The summed E-state index contributed by atoms with van der Waals surface area (Å²) in [5.41, 5.74) is 6.71. The first kappa shape index (κ1) is 15.8. The van der Waals surface area contributed by atoms with Crippen molar-refractivity contribution < 1.29 is 8.42 Å². The van der Waals surface area contributed by atoms with Crippen molar-refractivity contribution in [3.63, 3.8) is 0 Å². The maximum atomic E-state index is 12.0. The molecule has 1 heterocycles. The van der Waals surface area contributed by atoms with Crippen LogP contribution in [0.5, 0.6) is 0 Å². The zero-order valence-electron chi connectivity index (χ0n) is 11.8. The van der Waals surface area contributed by atoms with Crippen LogP contribution in [0.25, 0.3) is 5.69 Å². The molecular weight excluding hydrogens is 356 g/mol. The Hall–Kier alpha value is -1.54. The number of nitrogen functional groups attached to an aromatic ring is 1. The molecule has 0 aliphatic rings. The zero-order chi connectivity index (χ0) is 15.6. The van der Waals surface area contributed by atoms with Crippen LogP contribution in [0.4, 0.5) is 11.6 Å². The molecule has 0 aliphatic heterocycles. The molecular formula is C13H17BrN4O2S. The van der Waals surface area contributed by atoms with E-state index >= 15 is 0 Å². The highest BCUT2D eigenvalue weighted by molar-refractivity contribution is 9.10. The van der Waals surface area contributed by atoms with Crippen LogP contribution in [0.1, 0.15) is 13.3 Å². The lowest BCUT2D eigenvalue weighted by molar-refractivity contribution is 0.602. The lowest BCUT2D eigenvalue weighted by Crippen LogP contribution is -2.07. The van der Waals surface area contributed by atoms with Gasteiger partial charge >= 0.3 is 0 Å². The van der Waals surface area contributed by atoms with Gasteiger partial charge in [-0.2, -0.15) is 0 Å². The third kappa shape index (κ3) is 3.21. The van der Waals surface area contributed by atoms with Crippen LogP contribution in [0.3, 0.4) is 0 Å². The molecule has 0 radical (unpaired) electrons. The Labute approximate surface area is 132 Å². The predicted octanol–water partition coefficient (Wildman–Crippen LogP) is 2.44. The molecule has 0 aliphatic carbocycles.